The Bertz CT molecular complexity index is 1380. The molecule has 9 nitrogen and oxygen atoms in total. The summed E-state index contributed by atoms with van der Waals surface area (Å²) in [7, 11) is -0.495. The molecule has 2 aliphatic heterocycles. The van der Waals surface area contributed by atoms with Gasteiger partial charge in [-0.25, -0.2) is 9.48 Å². The van der Waals surface area contributed by atoms with Crippen LogP contribution >= 0.6 is 0 Å². The molecule has 2 unspecified atom stereocenters. The standard InChI is InChI=1S/C29H34BN5O4/c1-28(2)29(3,4)39-30(38-28)21-14-12-20(13-15-21)25-22(18-31)26(32)35(33-25)23-11-8-16-34(27(36)37)24(23)17-19-9-6-5-7-10-19/h5-7,9-10,12-15,23-24H,8,11,16-17,32H2,1-4H3,(H,36,37). The first-order valence-electron chi connectivity index (χ1n) is 13.3. The third kappa shape index (κ3) is 4.88. The average molecular weight is 527 g/mol. The highest BCUT2D eigenvalue weighted by Crippen LogP contribution is 2.38. The predicted molar refractivity (Wildman–Crippen MR) is 149 cm³/mol. The number of likely N-dealkylation sites (tertiary alicyclic amines) is 1. The molecule has 202 valence electrons. The van der Waals surface area contributed by atoms with Crippen molar-refractivity contribution in [1.29, 1.82) is 5.26 Å². The molecule has 2 saturated heterocycles. The number of piperidine rings is 1. The highest BCUT2D eigenvalue weighted by molar-refractivity contribution is 6.62. The molecule has 5 rings (SSSR count). The van der Waals surface area contributed by atoms with Gasteiger partial charge in [0.1, 0.15) is 23.1 Å². The number of hydrogen-bond donors (Lipinski definition) is 2. The minimum Gasteiger partial charge on any atom is -0.465 e. The maximum Gasteiger partial charge on any atom is 0.494 e. The average Bonchev–Trinajstić information content (AvgIpc) is 3.35. The van der Waals surface area contributed by atoms with Crippen LogP contribution in [0.4, 0.5) is 10.6 Å². The van der Waals surface area contributed by atoms with Crippen molar-refractivity contribution in [2.45, 2.75) is 70.2 Å². The topological polar surface area (TPSA) is 127 Å². The molecular weight excluding hydrogens is 493 g/mol. The third-order valence-electron chi connectivity index (χ3n) is 8.36. The molecular formula is C29H34BN5O4. The third-order valence-corrected chi connectivity index (χ3v) is 8.36. The molecule has 0 saturated carbocycles. The fourth-order valence-corrected chi connectivity index (χ4v) is 5.45. The lowest BCUT2D eigenvalue weighted by Gasteiger charge is -2.40. The lowest BCUT2D eigenvalue weighted by molar-refractivity contribution is 0.00578. The van der Waals surface area contributed by atoms with Gasteiger partial charge in [-0.05, 0) is 58.0 Å². The van der Waals surface area contributed by atoms with Gasteiger partial charge in [0.05, 0.1) is 23.3 Å². The number of nitrogen functional groups attached to an aromatic ring is 1. The van der Waals surface area contributed by atoms with Crippen LogP contribution in [0.3, 0.4) is 0 Å². The quantitative estimate of drug-likeness (QED) is 0.476. The maximum atomic E-state index is 12.2. The van der Waals surface area contributed by atoms with Crippen molar-refractivity contribution in [3.63, 3.8) is 0 Å². The van der Waals surface area contributed by atoms with Crippen molar-refractivity contribution in [3.8, 4) is 17.3 Å². The highest BCUT2D eigenvalue weighted by Gasteiger charge is 2.51. The highest BCUT2D eigenvalue weighted by atomic mass is 16.7. The number of carboxylic acid groups (broad SMARTS) is 1. The molecule has 1 aromatic heterocycles. The largest absolute Gasteiger partial charge is 0.494 e. The summed E-state index contributed by atoms with van der Waals surface area (Å²) >= 11 is 0. The molecule has 2 fully saturated rings. The smallest absolute Gasteiger partial charge is 0.465 e. The summed E-state index contributed by atoms with van der Waals surface area (Å²) in [6.07, 6.45) is 0.946. The Kier molecular flexibility index (Phi) is 6.91. The van der Waals surface area contributed by atoms with Crippen molar-refractivity contribution in [1.82, 2.24) is 14.7 Å². The number of nitrogens with two attached hydrogens (primary N) is 1. The number of amides is 1. The Hall–Kier alpha value is -3.81. The number of aromatic nitrogens is 2. The summed E-state index contributed by atoms with van der Waals surface area (Å²) in [6, 6.07) is 19.0. The van der Waals surface area contributed by atoms with Crippen LogP contribution < -0.4 is 11.2 Å². The Balaban J connectivity index is 1.47. The SMILES string of the molecule is CC1(C)OB(c2ccc(-c3nn(C4CCCN(C(=O)O)C4Cc4ccccc4)c(N)c3C#N)cc2)OC1(C)C. The second kappa shape index (κ2) is 10.1. The minimum absolute atomic E-state index is 0.248. The van der Waals surface area contributed by atoms with Crippen molar-refractivity contribution < 1.29 is 19.2 Å². The van der Waals surface area contributed by atoms with Crippen molar-refractivity contribution in [3.05, 3.63) is 65.7 Å². The van der Waals surface area contributed by atoms with Gasteiger partial charge in [0, 0.05) is 12.1 Å². The number of anilines is 1. The Morgan fingerprint density at radius 2 is 1.77 bits per heavy atom. The molecule has 0 spiro atoms. The number of hydrogen-bond acceptors (Lipinski definition) is 6. The number of nitrogens with zero attached hydrogens (tertiary/aromatic N) is 4. The first kappa shape index (κ1) is 26.8. The molecule has 0 radical (unpaired) electrons. The number of benzene rings is 2. The van der Waals surface area contributed by atoms with Gasteiger partial charge >= 0.3 is 13.2 Å². The van der Waals surface area contributed by atoms with E-state index in [-0.39, 0.29) is 23.5 Å². The molecule has 10 heteroatoms. The van der Waals surface area contributed by atoms with Gasteiger partial charge in [0.15, 0.2) is 0 Å². The van der Waals surface area contributed by atoms with E-state index in [0.717, 1.165) is 16.6 Å². The van der Waals surface area contributed by atoms with Crippen LogP contribution in [0.15, 0.2) is 54.6 Å². The monoisotopic (exact) mass is 527 g/mol. The molecule has 0 aliphatic carbocycles. The van der Waals surface area contributed by atoms with E-state index in [1.54, 1.807) is 4.68 Å². The van der Waals surface area contributed by atoms with E-state index in [9.17, 15) is 15.2 Å². The molecule has 3 heterocycles. The van der Waals surface area contributed by atoms with E-state index in [1.807, 2.05) is 82.3 Å². The fourth-order valence-electron chi connectivity index (χ4n) is 5.45. The number of carbonyl (C=O) groups is 1. The predicted octanol–water partition coefficient (Wildman–Crippen LogP) is 4.23. The fraction of sp³-hybridized carbons (Fsp3) is 0.414. The van der Waals surface area contributed by atoms with Gasteiger partial charge in [0.2, 0.25) is 0 Å². The molecule has 1 amide bonds. The van der Waals surface area contributed by atoms with Crippen LogP contribution in [-0.2, 0) is 15.7 Å². The Labute approximate surface area is 229 Å². The summed E-state index contributed by atoms with van der Waals surface area (Å²) in [6.45, 7) is 8.49. The summed E-state index contributed by atoms with van der Waals surface area (Å²) in [5.74, 6) is 0.248. The number of nitriles is 1. The van der Waals surface area contributed by atoms with Crippen LogP contribution in [0, 0.1) is 11.3 Å². The maximum absolute atomic E-state index is 12.2. The second-order valence-corrected chi connectivity index (χ2v) is 11.3. The van der Waals surface area contributed by atoms with E-state index in [2.05, 4.69) is 6.07 Å². The summed E-state index contributed by atoms with van der Waals surface area (Å²) in [5, 5.41) is 24.8. The lowest BCUT2D eigenvalue weighted by Crippen LogP contribution is -2.50. The second-order valence-electron chi connectivity index (χ2n) is 11.3. The zero-order valence-corrected chi connectivity index (χ0v) is 22.8. The van der Waals surface area contributed by atoms with Gasteiger partial charge in [-0.1, -0.05) is 54.6 Å². The van der Waals surface area contributed by atoms with E-state index < -0.39 is 24.4 Å². The van der Waals surface area contributed by atoms with Gasteiger partial charge in [0.25, 0.3) is 0 Å². The van der Waals surface area contributed by atoms with Crippen LogP contribution in [-0.4, -0.2) is 56.8 Å². The van der Waals surface area contributed by atoms with Crippen LogP contribution in [0.1, 0.15) is 57.7 Å². The molecule has 2 aromatic carbocycles. The first-order chi connectivity index (χ1) is 18.5. The molecule has 39 heavy (non-hydrogen) atoms. The number of rotatable bonds is 5. The van der Waals surface area contributed by atoms with Gasteiger partial charge in [-0.2, -0.15) is 10.4 Å². The van der Waals surface area contributed by atoms with Crippen LogP contribution in [0.25, 0.3) is 11.3 Å². The summed E-state index contributed by atoms with van der Waals surface area (Å²) in [4.78, 5) is 13.7. The van der Waals surface area contributed by atoms with Crippen molar-refractivity contribution in [2.24, 2.45) is 0 Å². The Morgan fingerprint density at radius 1 is 1.13 bits per heavy atom. The van der Waals surface area contributed by atoms with Crippen molar-refractivity contribution >= 4 is 24.5 Å². The first-order valence-corrected chi connectivity index (χ1v) is 13.3. The van der Waals surface area contributed by atoms with Gasteiger partial charge < -0.3 is 25.0 Å². The normalized spacial score (nSPS) is 22.0. The minimum atomic E-state index is -0.967. The van der Waals surface area contributed by atoms with E-state index in [1.165, 1.54) is 4.90 Å². The van der Waals surface area contributed by atoms with Crippen LogP contribution in [0.2, 0.25) is 0 Å². The zero-order valence-electron chi connectivity index (χ0n) is 22.8. The summed E-state index contributed by atoms with van der Waals surface area (Å²) < 4.78 is 14.0. The summed E-state index contributed by atoms with van der Waals surface area (Å²) in [5.41, 5.74) is 9.03. The van der Waals surface area contributed by atoms with Gasteiger partial charge in [-0.15, -0.1) is 0 Å². The zero-order chi connectivity index (χ0) is 27.9. The van der Waals surface area contributed by atoms with E-state index in [0.29, 0.717) is 31.5 Å². The Morgan fingerprint density at radius 3 is 2.36 bits per heavy atom. The molecule has 2 aliphatic rings. The lowest BCUT2D eigenvalue weighted by atomic mass is 9.78. The van der Waals surface area contributed by atoms with E-state index >= 15 is 0 Å². The molecule has 3 N–H and O–H groups in total. The van der Waals surface area contributed by atoms with Crippen molar-refractivity contribution in [2.75, 3.05) is 12.3 Å². The van der Waals surface area contributed by atoms with E-state index in [4.69, 9.17) is 20.1 Å². The molecule has 2 atom stereocenters. The van der Waals surface area contributed by atoms with Crippen LogP contribution in [0.5, 0.6) is 0 Å². The molecule has 0 bridgehead atoms. The van der Waals surface area contributed by atoms with Gasteiger partial charge in [-0.3, -0.25) is 0 Å². The molecule has 3 aromatic rings.